The van der Waals surface area contributed by atoms with Crippen LogP contribution < -0.4 is 16.4 Å². The molecule has 86 valence electrons. The Morgan fingerprint density at radius 1 is 1.56 bits per heavy atom. The van der Waals surface area contributed by atoms with Gasteiger partial charge in [-0.15, -0.1) is 0 Å². The summed E-state index contributed by atoms with van der Waals surface area (Å²) < 4.78 is 0. The molecular formula is C12H17N3O. The fourth-order valence-corrected chi connectivity index (χ4v) is 1.86. The van der Waals surface area contributed by atoms with Gasteiger partial charge in [-0.2, -0.15) is 0 Å². The highest BCUT2D eigenvalue weighted by molar-refractivity contribution is 5.78. The maximum atomic E-state index is 11.0. The van der Waals surface area contributed by atoms with E-state index in [9.17, 15) is 4.79 Å². The fourth-order valence-electron chi connectivity index (χ4n) is 1.86. The first-order valence-electron chi connectivity index (χ1n) is 5.54. The summed E-state index contributed by atoms with van der Waals surface area (Å²) in [6.45, 7) is 2.76. The maximum absolute atomic E-state index is 11.0. The number of benzene rings is 1. The second kappa shape index (κ2) is 4.43. The standard InChI is InChI=1S/C12H17N3O/c1-8-6-9(2-4-11(8)13)14-7-10-3-5-12(16)15-10/h2,4,6,10,14H,3,5,7,13H2,1H3,(H,15,16). The first-order chi connectivity index (χ1) is 7.65. The lowest BCUT2D eigenvalue weighted by molar-refractivity contribution is -0.119. The molecule has 4 heteroatoms. The van der Waals surface area contributed by atoms with Gasteiger partial charge in [-0.3, -0.25) is 4.79 Å². The van der Waals surface area contributed by atoms with Gasteiger partial charge in [0, 0.05) is 30.4 Å². The normalized spacial score (nSPS) is 19.6. The molecule has 1 fully saturated rings. The van der Waals surface area contributed by atoms with Gasteiger partial charge in [-0.1, -0.05) is 0 Å². The van der Waals surface area contributed by atoms with E-state index in [1.165, 1.54) is 0 Å². The SMILES string of the molecule is Cc1cc(NCC2CCC(=O)N2)ccc1N. The monoisotopic (exact) mass is 219 g/mol. The molecule has 0 saturated carbocycles. The van der Waals surface area contributed by atoms with Crippen molar-refractivity contribution in [3.8, 4) is 0 Å². The summed E-state index contributed by atoms with van der Waals surface area (Å²) in [6, 6.07) is 6.13. The molecule has 0 bridgehead atoms. The van der Waals surface area contributed by atoms with Gasteiger partial charge in [0.2, 0.25) is 5.91 Å². The Labute approximate surface area is 95.2 Å². The average molecular weight is 219 g/mol. The van der Waals surface area contributed by atoms with Crippen molar-refractivity contribution in [2.45, 2.75) is 25.8 Å². The van der Waals surface area contributed by atoms with E-state index in [-0.39, 0.29) is 11.9 Å². The molecule has 16 heavy (non-hydrogen) atoms. The number of amides is 1. The number of nitrogens with one attached hydrogen (secondary N) is 2. The zero-order chi connectivity index (χ0) is 11.5. The van der Waals surface area contributed by atoms with E-state index in [1.54, 1.807) is 0 Å². The zero-order valence-electron chi connectivity index (χ0n) is 9.42. The number of anilines is 2. The number of nitrogens with two attached hydrogens (primary N) is 1. The third-order valence-electron chi connectivity index (χ3n) is 2.91. The summed E-state index contributed by atoms with van der Waals surface area (Å²) >= 11 is 0. The molecule has 0 radical (unpaired) electrons. The number of nitrogen functional groups attached to an aromatic ring is 1. The maximum Gasteiger partial charge on any atom is 0.220 e. The van der Waals surface area contributed by atoms with Crippen molar-refractivity contribution < 1.29 is 4.79 Å². The van der Waals surface area contributed by atoms with Crippen LogP contribution in [0.1, 0.15) is 18.4 Å². The van der Waals surface area contributed by atoms with E-state index in [0.717, 1.165) is 29.9 Å². The number of carbonyl (C=O) groups is 1. The van der Waals surface area contributed by atoms with Crippen molar-refractivity contribution in [1.29, 1.82) is 0 Å². The third-order valence-corrected chi connectivity index (χ3v) is 2.91. The van der Waals surface area contributed by atoms with Crippen LogP contribution >= 0.6 is 0 Å². The Morgan fingerprint density at radius 3 is 3.00 bits per heavy atom. The lowest BCUT2D eigenvalue weighted by Crippen LogP contribution is -2.31. The predicted molar refractivity (Wildman–Crippen MR) is 65.2 cm³/mol. The van der Waals surface area contributed by atoms with Crippen LogP contribution in [-0.4, -0.2) is 18.5 Å². The fraction of sp³-hybridized carbons (Fsp3) is 0.417. The molecule has 1 aliphatic rings. The van der Waals surface area contributed by atoms with Crippen molar-refractivity contribution in [3.63, 3.8) is 0 Å². The van der Waals surface area contributed by atoms with Gasteiger partial charge in [0.15, 0.2) is 0 Å². The highest BCUT2D eigenvalue weighted by Gasteiger charge is 2.19. The molecule has 0 aromatic heterocycles. The summed E-state index contributed by atoms with van der Waals surface area (Å²) in [5.41, 5.74) is 8.66. The molecule has 1 atom stereocenters. The first-order valence-corrected chi connectivity index (χ1v) is 5.54. The molecule has 1 aliphatic heterocycles. The number of hydrogen-bond acceptors (Lipinski definition) is 3. The van der Waals surface area contributed by atoms with Gasteiger partial charge >= 0.3 is 0 Å². The largest absolute Gasteiger partial charge is 0.399 e. The minimum absolute atomic E-state index is 0.153. The lowest BCUT2D eigenvalue weighted by Gasteiger charge is -2.13. The molecule has 1 aromatic rings. The Hall–Kier alpha value is -1.71. The molecular weight excluding hydrogens is 202 g/mol. The van der Waals surface area contributed by atoms with Crippen molar-refractivity contribution in [1.82, 2.24) is 5.32 Å². The zero-order valence-corrected chi connectivity index (χ0v) is 9.42. The smallest absolute Gasteiger partial charge is 0.220 e. The highest BCUT2D eigenvalue weighted by atomic mass is 16.1. The van der Waals surface area contributed by atoms with Gasteiger partial charge < -0.3 is 16.4 Å². The van der Waals surface area contributed by atoms with Crippen molar-refractivity contribution in [2.75, 3.05) is 17.6 Å². The second-order valence-corrected chi connectivity index (χ2v) is 4.26. The van der Waals surface area contributed by atoms with Crippen LogP contribution in [0.5, 0.6) is 0 Å². The highest BCUT2D eigenvalue weighted by Crippen LogP contribution is 2.17. The van der Waals surface area contributed by atoms with Crippen molar-refractivity contribution in [3.05, 3.63) is 23.8 Å². The minimum atomic E-state index is 0.153. The topological polar surface area (TPSA) is 67.2 Å². The van der Waals surface area contributed by atoms with Crippen LogP contribution in [0.25, 0.3) is 0 Å². The summed E-state index contributed by atoms with van der Waals surface area (Å²) in [6.07, 6.45) is 1.56. The van der Waals surface area contributed by atoms with Gasteiger partial charge in [-0.25, -0.2) is 0 Å². The van der Waals surface area contributed by atoms with E-state index in [4.69, 9.17) is 5.73 Å². The van der Waals surface area contributed by atoms with Gasteiger partial charge in [-0.05, 0) is 37.1 Å². The van der Waals surface area contributed by atoms with Crippen LogP contribution in [0.2, 0.25) is 0 Å². The lowest BCUT2D eigenvalue weighted by atomic mass is 10.1. The molecule has 4 nitrogen and oxygen atoms in total. The van der Waals surface area contributed by atoms with E-state index in [1.807, 2.05) is 25.1 Å². The van der Waals surface area contributed by atoms with Gasteiger partial charge in [0.05, 0.1) is 0 Å². The first kappa shape index (κ1) is 10.8. The molecule has 2 rings (SSSR count). The van der Waals surface area contributed by atoms with Crippen LogP contribution in [0, 0.1) is 6.92 Å². The summed E-state index contributed by atoms with van der Waals surface area (Å²) in [5.74, 6) is 0.153. The van der Waals surface area contributed by atoms with E-state index in [2.05, 4.69) is 10.6 Å². The number of aryl methyl sites for hydroxylation is 1. The minimum Gasteiger partial charge on any atom is -0.399 e. The van der Waals surface area contributed by atoms with E-state index in [0.29, 0.717) is 6.42 Å². The Kier molecular flexibility index (Phi) is 2.99. The molecule has 1 amide bonds. The molecule has 0 spiro atoms. The second-order valence-electron chi connectivity index (χ2n) is 4.26. The third kappa shape index (κ3) is 2.45. The van der Waals surface area contributed by atoms with Crippen LogP contribution in [0.3, 0.4) is 0 Å². The molecule has 1 unspecified atom stereocenters. The van der Waals surface area contributed by atoms with Crippen molar-refractivity contribution >= 4 is 17.3 Å². The Bertz CT molecular complexity index is 403. The van der Waals surface area contributed by atoms with Crippen molar-refractivity contribution in [2.24, 2.45) is 0 Å². The summed E-state index contributed by atoms with van der Waals surface area (Å²) in [5, 5.41) is 6.23. The summed E-state index contributed by atoms with van der Waals surface area (Å²) in [4.78, 5) is 11.0. The molecule has 4 N–H and O–H groups in total. The molecule has 1 heterocycles. The Balaban J connectivity index is 1.89. The molecule has 1 saturated heterocycles. The number of carbonyl (C=O) groups excluding carboxylic acids is 1. The van der Waals surface area contributed by atoms with Crippen LogP contribution in [0.15, 0.2) is 18.2 Å². The molecule has 1 aromatic carbocycles. The van der Waals surface area contributed by atoms with Crippen LogP contribution in [0.4, 0.5) is 11.4 Å². The van der Waals surface area contributed by atoms with Gasteiger partial charge in [0.25, 0.3) is 0 Å². The van der Waals surface area contributed by atoms with Crippen LogP contribution in [-0.2, 0) is 4.79 Å². The molecule has 0 aliphatic carbocycles. The predicted octanol–water partition coefficient (Wildman–Crippen LogP) is 1.27. The summed E-state index contributed by atoms with van der Waals surface area (Å²) in [7, 11) is 0. The number of hydrogen-bond donors (Lipinski definition) is 3. The van der Waals surface area contributed by atoms with Gasteiger partial charge in [0.1, 0.15) is 0 Å². The van der Waals surface area contributed by atoms with E-state index >= 15 is 0 Å². The quantitative estimate of drug-likeness (QED) is 0.671. The number of rotatable bonds is 3. The average Bonchev–Trinajstić information content (AvgIpc) is 2.66. The Morgan fingerprint density at radius 2 is 2.38 bits per heavy atom. The van der Waals surface area contributed by atoms with E-state index < -0.39 is 0 Å².